The van der Waals surface area contributed by atoms with Gasteiger partial charge in [-0.05, 0) is 0 Å². The Morgan fingerprint density at radius 3 is 2.53 bits per heavy atom. The number of carbonyl (C=O) groups is 1. The molecule has 2 aliphatic heterocycles. The fraction of sp³-hybridized carbons (Fsp3) is 0.875. The molecule has 0 unspecified atom stereocenters. The van der Waals surface area contributed by atoms with Crippen LogP contribution in [0.2, 0.25) is 0 Å². The van der Waals surface area contributed by atoms with Crippen LogP contribution in [0.5, 0.6) is 0 Å². The van der Waals surface area contributed by atoms with Crippen molar-refractivity contribution in [1.82, 2.24) is 10.2 Å². The van der Waals surface area contributed by atoms with Gasteiger partial charge in [0.25, 0.3) is 0 Å². The minimum absolute atomic E-state index is 0.0394. The van der Waals surface area contributed by atoms with Gasteiger partial charge in [-0.2, -0.15) is 0 Å². The Kier molecular flexibility index (Phi) is 2.65. The Labute approximate surface area is 85.9 Å². The summed E-state index contributed by atoms with van der Waals surface area (Å²) >= 11 is 0. The van der Waals surface area contributed by atoms with Crippen molar-refractivity contribution in [3.63, 3.8) is 0 Å². The number of fused-ring (bicyclic) bond motifs is 1. The van der Waals surface area contributed by atoms with E-state index < -0.39 is 37.1 Å². The first-order valence-corrected chi connectivity index (χ1v) is 4.77. The second-order valence-corrected chi connectivity index (χ2v) is 3.85. The van der Waals surface area contributed by atoms with Gasteiger partial charge >= 0.3 is 0 Å². The predicted molar refractivity (Wildman–Crippen MR) is 47.5 cm³/mol. The lowest BCUT2D eigenvalue weighted by Gasteiger charge is -2.44. The van der Waals surface area contributed by atoms with Gasteiger partial charge in [-0.1, -0.05) is 0 Å². The van der Waals surface area contributed by atoms with Crippen LogP contribution >= 0.6 is 0 Å². The molecule has 0 aromatic carbocycles. The molecule has 1 amide bonds. The Morgan fingerprint density at radius 2 is 1.93 bits per heavy atom. The average Bonchev–Trinajstić information content (AvgIpc) is 2.59. The van der Waals surface area contributed by atoms with Gasteiger partial charge in [0.2, 0.25) is 5.91 Å². The molecule has 0 aromatic heterocycles. The molecule has 2 aliphatic rings. The number of aliphatic hydroxyl groups is 4. The molecule has 5 atom stereocenters. The van der Waals surface area contributed by atoms with Crippen molar-refractivity contribution < 1.29 is 25.2 Å². The lowest BCUT2D eigenvalue weighted by Crippen LogP contribution is -2.68. The van der Waals surface area contributed by atoms with Crippen LogP contribution in [0.1, 0.15) is 0 Å². The van der Waals surface area contributed by atoms with E-state index in [1.807, 2.05) is 0 Å². The van der Waals surface area contributed by atoms with E-state index in [2.05, 4.69) is 5.32 Å². The Balaban J connectivity index is 2.28. The van der Waals surface area contributed by atoms with E-state index in [1.165, 1.54) is 4.90 Å². The molecule has 7 nitrogen and oxygen atoms in total. The van der Waals surface area contributed by atoms with Crippen molar-refractivity contribution in [3.05, 3.63) is 0 Å². The summed E-state index contributed by atoms with van der Waals surface area (Å²) in [6, 6.07) is -0.865. The number of amides is 1. The van der Waals surface area contributed by atoms with Crippen molar-refractivity contribution in [2.75, 3.05) is 13.2 Å². The lowest BCUT2D eigenvalue weighted by molar-refractivity contribution is -0.175. The Bertz CT molecular complexity index is 274. The average molecular weight is 218 g/mol. The third-order valence-corrected chi connectivity index (χ3v) is 3.01. The Morgan fingerprint density at radius 1 is 1.27 bits per heavy atom. The monoisotopic (exact) mass is 218 g/mol. The molecule has 86 valence electrons. The van der Waals surface area contributed by atoms with E-state index in [9.17, 15) is 20.1 Å². The molecule has 5 N–H and O–H groups in total. The van der Waals surface area contributed by atoms with Gasteiger partial charge in [0.1, 0.15) is 24.5 Å². The quantitative estimate of drug-likeness (QED) is 0.308. The van der Waals surface area contributed by atoms with E-state index >= 15 is 0 Å². The molecule has 0 aromatic rings. The van der Waals surface area contributed by atoms with Gasteiger partial charge in [0.15, 0.2) is 0 Å². The van der Waals surface area contributed by atoms with Gasteiger partial charge < -0.3 is 25.3 Å². The Hall–Kier alpha value is -0.730. The zero-order valence-electron chi connectivity index (χ0n) is 7.95. The molecule has 7 heteroatoms. The van der Waals surface area contributed by atoms with Crippen LogP contribution in [-0.2, 0) is 4.79 Å². The molecule has 2 fully saturated rings. The molecule has 2 saturated heterocycles. The van der Waals surface area contributed by atoms with Gasteiger partial charge in [0.05, 0.1) is 19.2 Å². The summed E-state index contributed by atoms with van der Waals surface area (Å²) in [4.78, 5) is 12.6. The third kappa shape index (κ3) is 1.44. The highest BCUT2D eigenvalue weighted by Gasteiger charge is 2.51. The molecule has 2 heterocycles. The predicted octanol–water partition coefficient (Wildman–Crippen LogP) is -3.80. The van der Waals surface area contributed by atoms with Crippen LogP contribution < -0.4 is 5.32 Å². The first kappa shape index (κ1) is 10.8. The zero-order chi connectivity index (χ0) is 11.2. The first-order chi connectivity index (χ1) is 7.07. The molecule has 0 saturated carbocycles. The fourth-order valence-corrected chi connectivity index (χ4v) is 2.19. The van der Waals surface area contributed by atoms with E-state index in [0.29, 0.717) is 0 Å². The molecule has 0 spiro atoms. The molecule has 2 rings (SSSR count). The molecule has 0 bridgehead atoms. The fourth-order valence-electron chi connectivity index (χ4n) is 2.19. The summed E-state index contributed by atoms with van der Waals surface area (Å²) in [7, 11) is 0. The summed E-state index contributed by atoms with van der Waals surface area (Å²) in [6.07, 6.45) is -4.66. The third-order valence-electron chi connectivity index (χ3n) is 3.01. The summed E-state index contributed by atoms with van der Waals surface area (Å²) in [5.74, 6) is -0.302. The van der Waals surface area contributed by atoms with Crippen LogP contribution in [0.3, 0.4) is 0 Å². The number of aliphatic hydroxyl groups excluding tert-OH is 4. The number of nitrogens with zero attached hydrogens (tertiary/aromatic N) is 1. The van der Waals surface area contributed by atoms with Crippen molar-refractivity contribution in [2.45, 2.75) is 30.5 Å². The highest BCUT2D eigenvalue weighted by atomic mass is 16.4. The second kappa shape index (κ2) is 3.69. The highest BCUT2D eigenvalue weighted by molar-refractivity contribution is 5.81. The van der Waals surface area contributed by atoms with Gasteiger partial charge in [-0.15, -0.1) is 0 Å². The van der Waals surface area contributed by atoms with E-state index in [4.69, 9.17) is 5.11 Å². The van der Waals surface area contributed by atoms with Gasteiger partial charge in [0, 0.05) is 0 Å². The van der Waals surface area contributed by atoms with E-state index in [0.717, 1.165) is 0 Å². The highest BCUT2D eigenvalue weighted by Crippen LogP contribution is 2.25. The number of carbonyl (C=O) groups excluding carboxylic acids is 1. The SMILES string of the molecule is O=C1CN[C@@H]2[C@@H](O)[C@@H](O)[C@H](O)[C@@H](CO)N12. The topological polar surface area (TPSA) is 113 Å². The largest absolute Gasteiger partial charge is 0.394 e. The summed E-state index contributed by atoms with van der Waals surface area (Å²) in [5.41, 5.74) is 0. The standard InChI is InChI=1S/C8H14N2O5/c11-2-3-5(13)6(14)7(15)8-9-1-4(12)10(3)8/h3,5-9,11,13-15H,1-2H2/t3-,5-,6+,7+,8+/m1/s1. The van der Waals surface area contributed by atoms with Crippen molar-refractivity contribution in [3.8, 4) is 0 Å². The molecule has 15 heavy (non-hydrogen) atoms. The number of rotatable bonds is 1. The van der Waals surface area contributed by atoms with Crippen LogP contribution in [-0.4, -0.2) is 74.9 Å². The zero-order valence-corrected chi connectivity index (χ0v) is 7.95. The molecular weight excluding hydrogens is 204 g/mol. The maximum atomic E-state index is 11.4. The smallest absolute Gasteiger partial charge is 0.238 e. The maximum absolute atomic E-state index is 11.4. The van der Waals surface area contributed by atoms with Crippen LogP contribution in [0.25, 0.3) is 0 Å². The number of hydrogen-bond acceptors (Lipinski definition) is 6. The maximum Gasteiger partial charge on any atom is 0.238 e. The van der Waals surface area contributed by atoms with E-state index in [1.54, 1.807) is 0 Å². The van der Waals surface area contributed by atoms with Crippen LogP contribution in [0.15, 0.2) is 0 Å². The second-order valence-electron chi connectivity index (χ2n) is 3.85. The minimum Gasteiger partial charge on any atom is -0.394 e. The number of piperidine rings is 1. The first-order valence-electron chi connectivity index (χ1n) is 4.77. The minimum atomic E-state index is -1.36. The van der Waals surface area contributed by atoms with Crippen molar-refractivity contribution in [1.29, 1.82) is 0 Å². The normalized spacial score (nSPS) is 45.7. The molecule has 0 aliphatic carbocycles. The summed E-state index contributed by atoms with van der Waals surface area (Å²) in [6.45, 7) is -0.410. The van der Waals surface area contributed by atoms with Crippen LogP contribution in [0, 0.1) is 0 Å². The van der Waals surface area contributed by atoms with E-state index in [-0.39, 0.29) is 12.5 Å². The van der Waals surface area contributed by atoms with Crippen LogP contribution in [0.4, 0.5) is 0 Å². The number of hydrogen-bond donors (Lipinski definition) is 5. The van der Waals surface area contributed by atoms with Gasteiger partial charge in [-0.25, -0.2) is 0 Å². The van der Waals surface area contributed by atoms with Crippen molar-refractivity contribution in [2.24, 2.45) is 0 Å². The molecule has 0 radical (unpaired) electrons. The lowest BCUT2D eigenvalue weighted by atomic mass is 9.92. The summed E-state index contributed by atoms with van der Waals surface area (Å²) < 4.78 is 0. The van der Waals surface area contributed by atoms with Gasteiger partial charge in [-0.3, -0.25) is 10.1 Å². The van der Waals surface area contributed by atoms with Crippen molar-refractivity contribution >= 4 is 5.91 Å². The molecular formula is C8H14N2O5. The summed E-state index contributed by atoms with van der Waals surface area (Å²) in [5, 5.41) is 40.4. The number of nitrogens with one attached hydrogen (secondary N) is 1.